The summed E-state index contributed by atoms with van der Waals surface area (Å²) in [5.74, 6) is -0.631. The van der Waals surface area contributed by atoms with Crippen molar-refractivity contribution in [1.82, 2.24) is 4.57 Å². The van der Waals surface area contributed by atoms with Gasteiger partial charge in [0.2, 0.25) is 5.43 Å². The number of carboxylic acids is 1. The zero-order valence-corrected chi connectivity index (χ0v) is 12.5. The SMILES string of the molecule is CCn1cc(C(=O)O)c(=O)c2cccc(OCCCCN)c21. The van der Waals surface area contributed by atoms with E-state index in [9.17, 15) is 9.59 Å². The van der Waals surface area contributed by atoms with Crippen LogP contribution < -0.4 is 15.9 Å². The minimum atomic E-state index is -1.22. The van der Waals surface area contributed by atoms with Gasteiger partial charge in [0, 0.05) is 12.7 Å². The molecule has 6 heteroatoms. The number of para-hydroxylation sites is 1. The Bertz CT molecular complexity index is 737. The van der Waals surface area contributed by atoms with E-state index in [-0.39, 0.29) is 5.56 Å². The maximum Gasteiger partial charge on any atom is 0.341 e. The molecule has 3 N–H and O–H groups in total. The summed E-state index contributed by atoms with van der Waals surface area (Å²) in [4.78, 5) is 23.5. The highest BCUT2D eigenvalue weighted by atomic mass is 16.5. The van der Waals surface area contributed by atoms with Crippen LogP contribution in [0.3, 0.4) is 0 Å². The zero-order valence-electron chi connectivity index (χ0n) is 12.5. The Morgan fingerprint density at radius 2 is 2.14 bits per heavy atom. The Morgan fingerprint density at radius 3 is 2.77 bits per heavy atom. The van der Waals surface area contributed by atoms with Crippen molar-refractivity contribution in [1.29, 1.82) is 0 Å². The van der Waals surface area contributed by atoms with Crippen molar-refractivity contribution >= 4 is 16.9 Å². The number of aryl methyl sites for hydroxylation is 1. The molecule has 2 rings (SSSR count). The fraction of sp³-hybridized carbons (Fsp3) is 0.375. The third-order valence-electron chi connectivity index (χ3n) is 3.49. The highest BCUT2D eigenvalue weighted by Crippen LogP contribution is 2.24. The molecule has 6 nitrogen and oxygen atoms in total. The lowest BCUT2D eigenvalue weighted by atomic mass is 10.1. The fourth-order valence-electron chi connectivity index (χ4n) is 2.37. The van der Waals surface area contributed by atoms with E-state index < -0.39 is 11.4 Å². The molecule has 0 spiro atoms. The van der Waals surface area contributed by atoms with E-state index >= 15 is 0 Å². The van der Waals surface area contributed by atoms with E-state index in [4.69, 9.17) is 15.6 Å². The number of benzene rings is 1. The summed E-state index contributed by atoms with van der Waals surface area (Å²) in [7, 11) is 0. The van der Waals surface area contributed by atoms with Gasteiger partial charge in [0.05, 0.1) is 17.5 Å². The summed E-state index contributed by atoms with van der Waals surface area (Å²) in [6.07, 6.45) is 3.07. The van der Waals surface area contributed by atoms with Crippen LogP contribution in [0.2, 0.25) is 0 Å². The van der Waals surface area contributed by atoms with Crippen LogP contribution in [-0.4, -0.2) is 28.8 Å². The normalized spacial score (nSPS) is 10.8. The summed E-state index contributed by atoms with van der Waals surface area (Å²) in [5.41, 5.74) is 5.37. The standard InChI is InChI=1S/C16H20N2O4/c1-2-18-10-12(16(20)21)15(19)11-6-5-7-13(14(11)18)22-9-4-3-8-17/h5-7,10H,2-4,8-9,17H2,1H3,(H,20,21). The first kappa shape index (κ1) is 16.0. The number of pyridine rings is 1. The molecule has 0 radical (unpaired) electrons. The fourth-order valence-corrected chi connectivity index (χ4v) is 2.37. The maximum absolute atomic E-state index is 12.3. The number of nitrogens with two attached hydrogens (primary N) is 1. The van der Waals surface area contributed by atoms with Crippen LogP contribution in [0.25, 0.3) is 10.9 Å². The molecule has 0 atom stereocenters. The minimum absolute atomic E-state index is 0.227. The van der Waals surface area contributed by atoms with Gasteiger partial charge in [-0.25, -0.2) is 4.79 Å². The number of ether oxygens (including phenoxy) is 1. The highest BCUT2D eigenvalue weighted by molar-refractivity contribution is 5.94. The first-order chi connectivity index (χ1) is 10.6. The number of hydrogen-bond acceptors (Lipinski definition) is 4. The van der Waals surface area contributed by atoms with Crippen LogP contribution in [0.15, 0.2) is 29.2 Å². The van der Waals surface area contributed by atoms with E-state index in [1.54, 1.807) is 22.8 Å². The molecule has 0 aliphatic heterocycles. The van der Waals surface area contributed by atoms with Gasteiger partial charge < -0.3 is 20.1 Å². The highest BCUT2D eigenvalue weighted by Gasteiger charge is 2.16. The van der Waals surface area contributed by atoms with Crippen LogP contribution in [-0.2, 0) is 6.54 Å². The van der Waals surface area contributed by atoms with Crippen molar-refractivity contribution in [2.24, 2.45) is 5.73 Å². The lowest BCUT2D eigenvalue weighted by Gasteiger charge is -2.14. The van der Waals surface area contributed by atoms with Crippen LogP contribution >= 0.6 is 0 Å². The van der Waals surface area contributed by atoms with Gasteiger partial charge in [-0.15, -0.1) is 0 Å². The van der Waals surface area contributed by atoms with Crippen molar-refractivity contribution in [2.75, 3.05) is 13.2 Å². The lowest BCUT2D eigenvalue weighted by Crippen LogP contribution is -2.19. The van der Waals surface area contributed by atoms with E-state index in [1.165, 1.54) is 6.20 Å². The smallest absolute Gasteiger partial charge is 0.341 e. The number of fused-ring (bicyclic) bond motifs is 1. The summed E-state index contributed by atoms with van der Waals surface area (Å²) in [5, 5.41) is 9.52. The number of carbonyl (C=O) groups is 1. The number of aromatic carboxylic acids is 1. The Kier molecular flexibility index (Phi) is 5.16. The summed E-state index contributed by atoms with van der Waals surface area (Å²) < 4.78 is 7.49. The first-order valence-electron chi connectivity index (χ1n) is 7.32. The number of unbranched alkanes of at least 4 members (excludes halogenated alkanes) is 1. The van der Waals surface area contributed by atoms with Gasteiger partial charge in [0.1, 0.15) is 11.3 Å². The molecule has 118 valence electrons. The average molecular weight is 304 g/mol. The third-order valence-corrected chi connectivity index (χ3v) is 3.49. The van der Waals surface area contributed by atoms with Crippen molar-refractivity contribution in [2.45, 2.75) is 26.3 Å². The predicted molar refractivity (Wildman–Crippen MR) is 84.6 cm³/mol. The van der Waals surface area contributed by atoms with Gasteiger partial charge in [0.25, 0.3) is 0 Å². The Balaban J connectivity index is 2.53. The second kappa shape index (κ2) is 7.09. The Labute approximate surface area is 128 Å². The van der Waals surface area contributed by atoms with E-state index in [0.29, 0.717) is 36.3 Å². The molecule has 1 aromatic heterocycles. The van der Waals surface area contributed by atoms with Gasteiger partial charge in [-0.05, 0) is 38.4 Å². The molecule has 0 unspecified atom stereocenters. The number of rotatable bonds is 7. The zero-order chi connectivity index (χ0) is 16.1. The molecule has 0 aliphatic rings. The summed E-state index contributed by atoms with van der Waals surface area (Å²) in [6.45, 7) is 3.55. The number of carboxylic acid groups (broad SMARTS) is 1. The summed E-state index contributed by atoms with van der Waals surface area (Å²) >= 11 is 0. The molecule has 1 aromatic carbocycles. The predicted octanol–water partition coefficient (Wildman–Crippen LogP) is 1.84. The van der Waals surface area contributed by atoms with Crippen LogP contribution in [0, 0.1) is 0 Å². The van der Waals surface area contributed by atoms with Crippen LogP contribution in [0.1, 0.15) is 30.1 Å². The van der Waals surface area contributed by atoms with E-state index in [1.807, 2.05) is 6.92 Å². The van der Waals surface area contributed by atoms with Crippen molar-refractivity contribution in [3.63, 3.8) is 0 Å². The van der Waals surface area contributed by atoms with Crippen LogP contribution in [0.5, 0.6) is 5.75 Å². The average Bonchev–Trinajstić information content (AvgIpc) is 2.52. The molecular weight excluding hydrogens is 284 g/mol. The van der Waals surface area contributed by atoms with Gasteiger partial charge in [-0.2, -0.15) is 0 Å². The second-order valence-corrected chi connectivity index (χ2v) is 4.96. The lowest BCUT2D eigenvalue weighted by molar-refractivity contribution is 0.0695. The Hall–Kier alpha value is -2.34. The quantitative estimate of drug-likeness (QED) is 0.761. The second-order valence-electron chi connectivity index (χ2n) is 4.96. The molecule has 2 aromatic rings. The van der Waals surface area contributed by atoms with Crippen molar-refractivity contribution < 1.29 is 14.6 Å². The molecular formula is C16H20N2O4. The van der Waals surface area contributed by atoms with Gasteiger partial charge in [-0.1, -0.05) is 6.07 Å². The molecule has 22 heavy (non-hydrogen) atoms. The molecule has 0 amide bonds. The van der Waals surface area contributed by atoms with Gasteiger partial charge in [-0.3, -0.25) is 4.79 Å². The monoisotopic (exact) mass is 304 g/mol. The van der Waals surface area contributed by atoms with Crippen molar-refractivity contribution in [3.05, 3.63) is 40.2 Å². The topological polar surface area (TPSA) is 94.5 Å². The van der Waals surface area contributed by atoms with Gasteiger partial charge >= 0.3 is 5.97 Å². The number of hydrogen-bond donors (Lipinski definition) is 2. The first-order valence-corrected chi connectivity index (χ1v) is 7.32. The van der Waals surface area contributed by atoms with E-state index in [0.717, 1.165) is 12.8 Å². The maximum atomic E-state index is 12.3. The van der Waals surface area contributed by atoms with Gasteiger partial charge in [0.15, 0.2) is 0 Å². The van der Waals surface area contributed by atoms with Crippen molar-refractivity contribution in [3.8, 4) is 5.75 Å². The molecule has 1 heterocycles. The third kappa shape index (κ3) is 3.12. The minimum Gasteiger partial charge on any atom is -0.491 e. The molecule has 0 bridgehead atoms. The van der Waals surface area contributed by atoms with Crippen LogP contribution in [0.4, 0.5) is 0 Å². The largest absolute Gasteiger partial charge is 0.491 e. The number of aromatic nitrogens is 1. The molecule has 0 fully saturated rings. The Morgan fingerprint density at radius 1 is 1.36 bits per heavy atom. The molecule has 0 saturated heterocycles. The number of nitrogens with zero attached hydrogens (tertiary/aromatic N) is 1. The molecule has 0 aliphatic carbocycles. The molecule has 0 saturated carbocycles. The van der Waals surface area contributed by atoms with E-state index in [2.05, 4.69) is 0 Å². The summed E-state index contributed by atoms with van der Waals surface area (Å²) in [6, 6.07) is 5.12.